The Morgan fingerprint density at radius 2 is 2.05 bits per heavy atom. The number of anilines is 1. The lowest BCUT2D eigenvalue weighted by molar-refractivity contribution is -0.141. The maximum Gasteiger partial charge on any atom is 0.433 e. The average Bonchev–Trinajstić information content (AvgIpc) is 2.26. The van der Waals surface area contributed by atoms with Gasteiger partial charge in [0, 0.05) is 5.56 Å². The first-order valence-electron chi connectivity index (χ1n) is 5.01. The van der Waals surface area contributed by atoms with Crippen molar-refractivity contribution in [2.45, 2.75) is 19.5 Å². The number of rotatable bonds is 3. The van der Waals surface area contributed by atoms with Gasteiger partial charge in [-0.05, 0) is 13.0 Å². The number of alkyl halides is 5. The summed E-state index contributed by atoms with van der Waals surface area (Å²) in [6.07, 6.45) is -8.25. The molecule has 9 heteroatoms. The molecule has 0 radical (unpaired) electrons. The fraction of sp³-hybridized carbons (Fsp3) is 0.400. The van der Waals surface area contributed by atoms with Crippen LogP contribution in [0.25, 0.3) is 0 Å². The summed E-state index contributed by atoms with van der Waals surface area (Å²) < 4.78 is 67.1. The van der Waals surface area contributed by atoms with E-state index in [1.165, 1.54) is 6.92 Å². The van der Waals surface area contributed by atoms with Crippen molar-refractivity contribution in [3.63, 3.8) is 0 Å². The van der Waals surface area contributed by atoms with E-state index in [0.717, 1.165) is 0 Å². The van der Waals surface area contributed by atoms with E-state index in [4.69, 9.17) is 5.73 Å². The molecule has 1 aromatic heterocycles. The number of carbonyl (C=O) groups is 1. The summed E-state index contributed by atoms with van der Waals surface area (Å²) in [6.45, 7) is 1.27. The predicted octanol–water partition coefficient (Wildman–Crippen LogP) is 2.80. The summed E-state index contributed by atoms with van der Waals surface area (Å²) in [5, 5.41) is 0. The van der Waals surface area contributed by atoms with Gasteiger partial charge in [0.25, 0.3) is 6.43 Å². The van der Waals surface area contributed by atoms with E-state index in [1.54, 1.807) is 0 Å². The van der Waals surface area contributed by atoms with Gasteiger partial charge in [0.05, 0.1) is 6.61 Å². The molecule has 4 nitrogen and oxygen atoms in total. The highest BCUT2D eigenvalue weighted by molar-refractivity contribution is 5.96. The van der Waals surface area contributed by atoms with Crippen molar-refractivity contribution < 1.29 is 31.5 Å². The number of aromatic nitrogens is 1. The molecule has 19 heavy (non-hydrogen) atoms. The average molecular weight is 284 g/mol. The number of esters is 1. The van der Waals surface area contributed by atoms with Crippen LogP contribution in [-0.4, -0.2) is 17.6 Å². The van der Waals surface area contributed by atoms with Gasteiger partial charge in [-0.3, -0.25) is 0 Å². The number of ether oxygens (including phenoxy) is 1. The summed E-state index contributed by atoms with van der Waals surface area (Å²) in [5.41, 5.74) is 1.56. The summed E-state index contributed by atoms with van der Waals surface area (Å²) in [4.78, 5) is 14.3. The van der Waals surface area contributed by atoms with Crippen molar-refractivity contribution in [3.05, 3.63) is 22.9 Å². The Bertz CT molecular complexity index is 488. The number of halogens is 5. The lowest BCUT2D eigenvalue weighted by Crippen LogP contribution is -2.17. The van der Waals surface area contributed by atoms with Crippen molar-refractivity contribution in [2.24, 2.45) is 0 Å². The van der Waals surface area contributed by atoms with E-state index in [-0.39, 0.29) is 12.7 Å². The van der Waals surface area contributed by atoms with Crippen molar-refractivity contribution in [2.75, 3.05) is 12.3 Å². The van der Waals surface area contributed by atoms with Crippen LogP contribution in [-0.2, 0) is 10.9 Å². The number of nitrogens with two attached hydrogens (primary N) is 1. The predicted molar refractivity (Wildman–Crippen MR) is 54.6 cm³/mol. The minimum Gasteiger partial charge on any atom is -0.462 e. The Morgan fingerprint density at radius 3 is 2.47 bits per heavy atom. The monoisotopic (exact) mass is 284 g/mol. The molecular formula is C10H9F5N2O2. The molecule has 0 aliphatic rings. The molecule has 0 saturated carbocycles. The molecule has 0 unspecified atom stereocenters. The Labute approximate surface area is 104 Å². The number of hydrogen-bond acceptors (Lipinski definition) is 4. The molecule has 0 aromatic carbocycles. The molecule has 0 saturated heterocycles. The summed E-state index contributed by atoms with van der Waals surface area (Å²) in [5.74, 6) is -2.18. The molecule has 0 aliphatic carbocycles. The van der Waals surface area contributed by atoms with Gasteiger partial charge in [-0.25, -0.2) is 18.6 Å². The summed E-state index contributed by atoms with van der Waals surface area (Å²) in [7, 11) is 0. The molecule has 0 spiro atoms. The lowest BCUT2D eigenvalue weighted by Gasteiger charge is -2.13. The Kier molecular flexibility index (Phi) is 4.28. The lowest BCUT2D eigenvalue weighted by atomic mass is 10.1. The molecule has 2 N–H and O–H groups in total. The van der Waals surface area contributed by atoms with Crippen LogP contribution in [0.5, 0.6) is 0 Å². The zero-order valence-corrected chi connectivity index (χ0v) is 9.59. The van der Waals surface area contributed by atoms with Gasteiger partial charge in [-0.15, -0.1) is 0 Å². The minimum absolute atomic E-state index is 0.0906. The van der Waals surface area contributed by atoms with Crippen LogP contribution in [0.4, 0.5) is 27.8 Å². The Balaban J connectivity index is 3.44. The van der Waals surface area contributed by atoms with Gasteiger partial charge < -0.3 is 10.5 Å². The largest absolute Gasteiger partial charge is 0.462 e. The normalized spacial score (nSPS) is 11.7. The van der Waals surface area contributed by atoms with Gasteiger partial charge in [-0.2, -0.15) is 13.2 Å². The fourth-order valence-corrected chi connectivity index (χ4v) is 1.33. The highest BCUT2D eigenvalue weighted by atomic mass is 19.4. The molecule has 0 aliphatic heterocycles. The molecule has 0 fully saturated rings. The Hall–Kier alpha value is -1.93. The van der Waals surface area contributed by atoms with Crippen molar-refractivity contribution >= 4 is 11.8 Å². The number of nitrogen functional groups attached to an aromatic ring is 1. The van der Waals surface area contributed by atoms with E-state index in [0.29, 0.717) is 0 Å². The zero-order chi connectivity index (χ0) is 14.8. The maximum absolute atomic E-state index is 12.7. The van der Waals surface area contributed by atoms with Crippen LogP contribution in [0.2, 0.25) is 0 Å². The van der Waals surface area contributed by atoms with Crippen LogP contribution < -0.4 is 5.73 Å². The quantitative estimate of drug-likeness (QED) is 0.684. The highest BCUT2D eigenvalue weighted by Gasteiger charge is 2.36. The second-order valence-corrected chi connectivity index (χ2v) is 3.38. The van der Waals surface area contributed by atoms with Gasteiger partial charge >= 0.3 is 12.1 Å². The number of nitrogens with zero attached hydrogens (tertiary/aromatic N) is 1. The maximum atomic E-state index is 12.7. The molecule has 0 bridgehead atoms. The molecule has 0 amide bonds. The standard InChI is InChI=1S/C10H9F5N2O2/c1-2-19-9(18)6-4(7(11)12)3-5(10(13,14)15)17-8(6)16/h3,7H,2H2,1H3,(H2,16,17). The van der Waals surface area contributed by atoms with Crippen LogP contribution in [0.3, 0.4) is 0 Å². The third kappa shape index (κ3) is 3.30. The van der Waals surface area contributed by atoms with Crippen LogP contribution in [0.15, 0.2) is 6.07 Å². The van der Waals surface area contributed by atoms with Crippen LogP contribution >= 0.6 is 0 Å². The number of carbonyl (C=O) groups excluding carboxylic acids is 1. The zero-order valence-electron chi connectivity index (χ0n) is 9.59. The van der Waals surface area contributed by atoms with Crippen molar-refractivity contribution in [3.8, 4) is 0 Å². The third-order valence-corrected chi connectivity index (χ3v) is 2.08. The van der Waals surface area contributed by atoms with Gasteiger partial charge in [0.15, 0.2) is 0 Å². The van der Waals surface area contributed by atoms with Gasteiger partial charge in [0.1, 0.15) is 17.1 Å². The molecule has 1 rings (SSSR count). The van der Waals surface area contributed by atoms with E-state index in [2.05, 4.69) is 9.72 Å². The minimum atomic E-state index is -4.94. The number of pyridine rings is 1. The van der Waals surface area contributed by atoms with E-state index in [1.807, 2.05) is 0 Å². The van der Waals surface area contributed by atoms with Gasteiger partial charge in [0.2, 0.25) is 0 Å². The van der Waals surface area contributed by atoms with Crippen LogP contribution in [0, 0.1) is 0 Å². The molecule has 0 atom stereocenters. The second kappa shape index (κ2) is 5.37. The Morgan fingerprint density at radius 1 is 1.47 bits per heavy atom. The van der Waals surface area contributed by atoms with Crippen molar-refractivity contribution in [1.29, 1.82) is 0 Å². The van der Waals surface area contributed by atoms with Gasteiger partial charge in [-0.1, -0.05) is 0 Å². The highest BCUT2D eigenvalue weighted by Crippen LogP contribution is 2.34. The fourth-order valence-electron chi connectivity index (χ4n) is 1.33. The first-order chi connectivity index (χ1) is 8.68. The van der Waals surface area contributed by atoms with E-state index < -0.39 is 41.2 Å². The summed E-state index contributed by atoms with van der Waals surface area (Å²) in [6, 6.07) is 0.0906. The molecule has 1 aromatic rings. The molecular weight excluding hydrogens is 275 g/mol. The first-order valence-corrected chi connectivity index (χ1v) is 5.01. The van der Waals surface area contributed by atoms with Crippen molar-refractivity contribution in [1.82, 2.24) is 4.98 Å². The SMILES string of the molecule is CCOC(=O)c1c(C(F)F)cc(C(F)(F)F)nc1N. The first kappa shape index (κ1) is 15.1. The van der Waals surface area contributed by atoms with E-state index in [9.17, 15) is 26.7 Å². The van der Waals surface area contributed by atoms with Crippen LogP contribution in [0.1, 0.15) is 35.0 Å². The van der Waals surface area contributed by atoms with E-state index >= 15 is 0 Å². The second-order valence-electron chi connectivity index (χ2n) is 3.38. The topological polar surface area (TPSA) is 65.2 Å². The number of hydrogen-bond donors (Lipinski definition) is 1. The molecule has 1 heterocycles. The third-order valence-electron chi connectivity index (χ3n) is 2.08. The smallest absolute Gasteiger partial charge is 0.433 e. The molecule has 106 valence electrons. The summed E-state index contributed by atoms with van der Waals surface area (Å²) >= 11 is 0.